The maximum absolute atomic E-state index is 13.2. The summed E-state index contributed by atoms with van der Waals surface area (Å²) in [6, 6.07) is 10.1. The monoisotopic (exact) mass is 456 g/mol. The van der Waals surface area contributed by atoms with Gasteiger partial charge in [0, 0.05) is 34.5 Å². The molecule has 0 amide bonds. The molecule has 0 atom stereocenters. The Labute approximate surface area is 197 Å². The lowest BCUT2D eigenvalue weighted by Crippen LogP contribution is -2.30. The molecule has 7 nitrogen and oxygen atoms in total. The van der Waals surface area contributed by atoms with Gasteiger partial charge in [0.1, 0.15) is 11.6 Å². The Hall–Kier alpha value is -3.75. The first-order chi connectivity index (χ1) is 16.5. The molecule has 5 rings (SSSR count). The van der Waals surface area contributed by atoms with Gasteiger partial charge in [0.25, 0.3) is 0 Å². The average Bonchev–Trinajstić information content (AvgIpc) is 3.29. The molecule has 0 bridgehead atoms. The maximum atomic E-state index is 13.2. The molecular formula is C25H24BFN5O2. The van der Waals surface area contributed by atoms with Crippen LogP contribution < -0.4 is 11.2 Å². The molecule has 3 heterocycles. The standard InChI is InChI=1S/C25H24BFN5O2/c1-26-21-22(15-2-4-16(5-3-15)25(33)34)31-24-19(13-30-32(24)23(21)28)17-8-11-20(29-12-17)14-6-9-18(27)10-7-14/h6-13,15-16H,2-5,28H2,1H3,(H,33,34). The van der Waals surface area contributed by atoms with E-state index < -0.39 is 5.97 Å². The molecule has 1 radical (unpaired) electrons. The van der Waals surface area contributed by atoms with E-state index in [2.05, 4.69) is 10.1 Å². The van der Waals surface area contributed by atoms with E-state index in [1.807, 2.05) is 26.2 Å². The largest absolute Gasteiger partial charge is 0.481 e. The van der Waals surface area contributed by atoms with Crippen molar-refractivity contribution in [3.05, 3.63) is 60.3 Å². The van der Waals surface area contributed by atoms with Crippen LogP contribution >= 0.6 is 0 Å². The van der Waals surface area contributed by atoms with Crippen molar-refractivity contribution in [1.29, 1.82) is 0 Å². The topological polar surface area (TPSA) is 106 Å². The summed E-state index contributed by atoms with van der Waals surface area (Å²) >= 11 is 0. The normalized spacial score (nSPS) is 18.2. The van der Waals surface area contributed by atoms with Crippen LogP contribution in [0.5, 0.6) is 0 Å². The summed E-state index contributed by atoms with van der Waals surface area (Å²) < 4.78 is 14.9. The molecule has 1 saturated carbocycles. The third-order valence-electron chi connectivity index (χ3n) is 6.72. The molecule has 171 valence electrons. The number of hydrogen-bond acceptors (Lipinski definition) is 5. The first kappa shape index (κ1) is 22.1. The minimum Gasteiger partial charge on any atom is -0.481 e. The first-order valence-electron chi connectivity index (χ1n) is 11.4. The highest BCUT2D eigenvalue weighted by atomic mass is 19.1. The lowest BCUT2D eigenvalue weighted by molar-refractivity contribution is -0.142. The third kappa shape index (κ3) is 3.91. The number of anilines is 1. The number of nitrogen functional groups attached to an aromatic ring is 1. The Kier molecular flexibility index (Phi) is 5.77. The predicted molar refractivity (Wildman–Crippen MR) is 130 cm³/mol. The van der Waals surface area contributed by atoms with E-state index in [0.717, 1.165) is 46.4 Å². The number of nitrogens with two attached hydrogens (primary N) is 1. The highest BCUT2D eigenvalue weighted by Gasteiger charge is 2.30. The fourth-order valence-electron chi connectivity index (χ4n) is 4.81. The van der Waals surface area contributed by atoms with Crippen molar-refractivity contribution in [2.45, 2.75) is 38.4 Å². The van der Waals surface area contributed by atoms with Gasteiger partial charge in [0.15, 0.2) is 12.9 Å². The van der Waals surface area contributed by atoms with E-state index >= 15 is 0 Å². The number of pyridine rings is 1. The molecule has 3 N–H and O–H groups in total. The van der Waals surface area contributed by atoms with Crippen molar-refractivity contribution in [1.82, 2.24) is 19.6 Å². The number of aliphatic carboxylic acids is 1. The molecule has 0 aliphatic heterocycles. The second-order valence-electron chi connectivity index (χ2n) is 8.70. The zero-order valence-corrected chi connectivity index (χ0v) is 18.8. The molecular weight excluding hydrogens is 432 g/mol. The van der Waals surface area contributed by atoms with Crippen LogP contribution in [0.15, 0.2) is 48.8 Å². The quantitative estimate of drug-likeness (QED) is 0.441. The van der Waals surface area contributed by atoms with Crippen molar-refractivity contribution < 1.29 is 14.3 Å². The predicted octanol–water partition coefficient (Wildman–Crippen LogP) is 3.92. The number of carbonyl (C=O) groups is 1. The molecule has 0 spiro atoms. The summed E-state index contributed by atoms with van der Waals surface area (Å²) in [6.45, 7) is 1.92. The molecule has 0 saturated heterocycles. The summed E-state index contributed by atoms with van der Waals surface area (Å²) in [5, 5.41) is 13.8. The molecule has 1 aromatic carbocycles. The van der Waals surface area contributed by atoms with Gasteiger partial charge in [0.05, 0.1) is 17.8 Å². The van der Waals surface area contributed by atoms with Gasteiger partial charge in [0.2, 0.25) is 0 Å². The van der Waals surface area contributed by atoms with E-state index in [9.17, 15) is 14.3 Å². The minimum absolute atomic E-state index is 0.149. The second-order valence-corrected chi connectivity index (χ2v) is 8.70. The minimum atomic E-state index is -0.724. The molecule has 34 heavy (non-hydrogen) atoms. The number of fused-ring (bicyclic) bond motifs is 1. The van der Waals surface area contributed by atoms with Gasteiger partial charge in [-0.25, -0.2) is 9.37 Å². The van der Waals surface area contributed by atoms with Crippen LogP contribution in [0.2, 0.25) is 6.82 Å². The average molecular weight is 456 g/mol. The number of benzene rings is 1. The number of carboxylic acids is 1. The van der Waals surface area contributed by atoms with Gasteiger partial charge in [-0.3, -0.25) is 9.78 Å². The Balaban J connectivity index is 1.52. The van der Waals surface area contributed by atoms with Crippen LogP contribution in [-0.2, 0) is 4.79 Å². The van der Waals surface area contributed by atoms with Gasteiger partial charge in [-0.2, -0.15) is 9.61 Å². The van der Waals surface area contributed by atoms with Crippen LogP contribution in [0.3, 0.4) is 0 Å². The fourth-order valence-corrected chi connectivity index (χ4v) is 4.81. The summed E-state index contributed by atoms with van der Waals surface area (Å²) in [4.78, 5) is 20.9. The van der Waals surface area contributed by atoms with E-state index in [0.29, 0.717) is 24.3 Å². The highest BCUT2D eigenvalue weighted by Crippen LogP contribution is 2.36. The van der Waals surface area contributed by atoms with Gasteiger partial charge in [-0.05, 0) is 61.5 Å². The number of aromatic nitrogens is 4. The van der Waals surface area contributed by atoms with Crippen molar-refractivity contribution in [2.75, 3.05) is 5.73 Å². The van der Waals surface area contributed by atoms with Crippen LogP contribution in [0, 0.1) is 11.7 Å². The third-order valence-corrected chi connectivity index (χ3v) is 6.72. The van der Waals surface area contributed by atoms with E-state index in [1.54, 1.807) is 29.0 Å². The zero-order valence-electron chi connectivity index (χ0n) is 18.8. The lowest BCUT2D eigenvalue weighted by Gasteiger charge is -2.27. The van der Waals surface area contributed by atoms with Gasteiger partial charge in [-0.15, -0.1) is 0 Å². The van der Waals surface area contributed by atoms with E-state index in [1.165, 1.54) is 12.1 Å². The zero-order chi connectivity index (χ0) is 23.8. The highest BCUT2D eigenvalue weighted by molar-refractivity contribution is 6.54. The summed E-state index contributed by atoms with van der Waals surface area (Å²) in [5.41, 5.74) is 12.1. The number of nitrogens with zero attached hydrogens (tertiary/aromatic N) is 4. The summed E-state index contributed by atoms with van der Waals surface area (Å²) in [7, 11) is 1.95. The number of carboxylic acid groups (broad SMARTS) is 1. The second kappa shape index (κ2) is 8.89. The SMILES string of the molecule is C[B]c1c(C2CCC(C(=O)O)CC2)nc2c(-c3ccc(-c4ccc(F)cc4)nc3)cnn2c1N. The van der Waals surface area contributed by atoms with Crippen molar-refractivity contribution >= 4 is 30.2 Å². The lowest BCUT2D eigenvalue weighted by atomic mass is 9.68. The molecule has 1 aliphatic rings. The smallest absolute Gasteiger partial charge is 0.306 e. The number of hydrogen-bond donors (Lipinski definition) is 2. The van der Waals surface area contributed by atoms with Crippen molar-refractivity contribution in [2.24, 2.45) is 5.92 Å². The number of rotatable bonds is 5. The van der Waals surface area contributed by atoms with Gasteiger partial charge < -0.3 is 10.8 Å². The van der Waals surface area contributed by atoms with E-state index in [-0.39, 0.29) is 17.7 Å². The van der Waals surface area contributed by atoms with Crippen LogP contribution in [0.1, 0.15) is 37.3 Å². The van der Waals surface area contributed by atoms with Crippen molar-refractivity contribution in [3.8, 4) is 22.4 Å². The number of halogens is 1. The van der Waals surface area contributed by atoms with Gasteiger partial charge >= 0.3 is 5.97 Å². The molecule has 9 heteroatoms. The Bertz CT molecular complexity index is 1350. The summed E-state index contributed by atoms with van der Waals surface area (Å²) in [5.74, 6) is -0.631. The Morgan fingerprint density at radius 1 is 1.09 bits per heavy atom. The first-order valence-corrected chi connectivity index (χ1v) is 11.4. The van der Waals surface area contributed by atoms with Crippen molar-refractivity contribution in [3.63, 3.8) is 0 Å². The molecule has 1 fully saturated rings. The summed E-state index contributed by atoms with van der Waals surface area (Å²) in [6.07, 6.45) is 6.28. The molecule has 3 aromatic heterocycles. The maximum Gasteiger partial charge on any atom is 0.306 e. The van der Waals surface area contributed by atoms with Gasteiger partial charge in [-0.1, -0.05) is 12.9 Å². The van der Waals surface area contributed by atoms with Crippen LogP contribution in [-0.4, -0.2) is 37.9 Å². The van der Waals surface area contributed by atoms with E-state index in [4.69, 9.17) is 10.7 Å². The molecule has 0 unspecified atom stereocenters. The van der Waals surface area contributed by atoms with Crippen LogP contribution in [0.4, 0.5) is 10.2 Å². The molecule has 4 aromatic rings. The molecule has 1 aliphatic carbocycles. The Morgan fingerprint density at radius 3 is 2.41 bits per heavy atom. The Morgan fingerprint density at radius 2 is 1.79 bits per heavy atom. The fraction of sp³-hybridized carbons (Fsp3) is 0.280. The van der Waals surface area contributed by atoms with Crippen LogP contribution in [0.25, 0.3) is 28.0 Å².